The van der Waals surface area contributed by atoms with E-state index in [0.717, 1.165) is 12.8 Å². The second-order valence-corrected chi connectivity index (χ2v) is 6.50. The molecule has 2 aromatic rings. The maximum absolute atomic E-state index is 12.9. The van der Waals surface area contributed by atoms with Gasteiger partial charge in [-0.2, -0.15) is 0 Å². The SMILES string of the molecule is Fc1ccc(Cc2sccc2CCC2CCCN2)cc1. The number of halogens is 1. The minimum absolute atomic E-state index is 0.160. The molecular weight excluding hydrogens is 269 g/mol. The van der Waals surface area contributed by atoms with Crippen LogP contribution in [0.15, 0.2) is 35.7 Å². The van der Waals surface area contributed by atoms with Gasteiger partial charge in [-0.3, -0.25) is 0 Å². The minimum atomic E-state index is -0.160. The third-order valence-corrected chi connectivity index (χ3v) is 5.00. The monoisotopic (exact) mass is 289 g/mol. The van der Waals surface area contributed by atoms with E-state index in [1.54, 1.807) is 12.1 Å². The first kappa shape index (κ1) is 13.8. The normalized spacial score (nSPS) is 18.6. The maximum atomic E-state index is 12.9. The van der Waals surface area contributed by atoms with Crippen molar-refractivity contribution in [2.24, 2.45) is 0 Å². The second-order valence-electron chi connectivity index (χ2n) is 5.50. The van der Waals surface area contributed by atoms with Gasteiger partial charge in [0.25, 0.3) is 0 Å². The summed E-state index contributed by atoms with van der Waals surface area (Å²) in [7, 11) is 0. The van der Waals surface area contributed by atoms with Gasteiger partial charge in [0.15, 0.2) is 0 Å². The summed E-state index contributed by atoms with van der Waals surface area (Å²) >= 11 is 1.82. The van der Waals surface area contributed by atoms with Gasteiger partial charge in [-0.1, -0.05) is 12.1 Å². The molecular formula is C17H20FNS. The van der Waals surface area contributed by atoms with Crippen molar-refractivity contribution in [1.82, 2.24) is 5.32 Å². The molecule has 1 unspecified atom stereocenters. The lowest BCUT2D eigenvalue weighted by molar-refractivity contribution is 0.559. The van der Waals surface area contributed by atoms with E-state index in [2.05, 4.69) is 16.8 Å². The number of rotatable bonds is 5. The van der Waals surface area contributed by atoms with Crippen LogP contribution in [-0.4, -0.2) is 12.6 Å². The predicted octanol–water partition coefficient (Wildman–Crippen LogP) is 4.16. The molecule has 3 rings (SSSR count). The van der Waals surface area contributed by atoms with E-state index in [1.165, 1.54) is 41.8 Å². The fourth-order valence-corrected chi connectivity index (χ4v) is 3.83. The van der Waals surface area contributed by atoms with E-state index in [1.807, 2.05) is 23.5 Å². The Morgan fingerprint density at radius 1 is 1.20 bits per heavy atom. The van der Waals surface area contributed by atoms with E-state index in [4.69, 9.17) is 0 Å². The smallest absolute Gasteiger partial charge is 0.123 e. The van der Waals surface area contributed by atoms with Crippen molar-refractivity contribution in [3.63, 3.8) is 0 Å². The van der Waals surface area contributed by atoms with Crippen LogP contribution in [0.2, 0.25) is 0 Å². The summed E-state index contributed by atoms with van der Waals surface area (Å²) in [4.78, 5) is 1.43. The molecule has 1 aromatic carbocycles. The molecule has 0 spiro atoms. The van der Waals surface area contributed by atoms with Gasteiger partial charge in [-0.15, -0.1) is 11.3 Å². The quantitative estimate of drug-likeness (QED) is 0.871. The first-order valence-electron chi connectivity index (χ1n) is 7.34. The summed E-state index contributed by atoms with van der Waals surface area (Å²) < 4.78 is 12.9. The summed E-state index contributed by atoms with van der Waals surface area (Å²) in [6, 6.07) is 9.82. The van der Waals surface area contributed by atoms with Crippen molar-refractivity contribution in [3.8, 4) is 0 Å². The van der Waals surface area contributed by atoms with Crippen LogP contribution >= 0.6 is 11.3 Å². The number of aryl methyl sites for hydroxylation is 1. The molecule has 1 aliphatic heterocycles. The Labute approximate surface area is 123 Å². The zero-order valence-electron chi connectivity index (χ0n) is 11.6. The van der Waals surface area contributed by atoms with E-state index in [-0.39, 0.29) is 5.82 Å². The molecule has 1 aromatic heterocycles. The van der Waals surface area contributed by atoms with Crippen molar-refractivity contribution in [2.45, 2.75) is 38.1 Å². The van der Waals surface area contributed by atoms with E-state index >= 15 is 0 Å². The molecule has 0 bridgehead atoms. The van der Waals surface area contributed by atoms with Crippen LogP contribution in [0.4, 0.5) is 4.39 Å². The minimum Gasteiger partial charge on any atom is -0.314 e. The van der Waals surface area contributed by atoms with Crippen LogP contribution in [0.1, 0.15) is 35.3 Å². The molecule has 0 amide bonds. The van der Waals surface area contributed by atoms with Gasteiger partial charge < -0.3 is 5.32 Å². The van der Waals surface area contributed by atoms with Gasteiger partial charge in [0, 0.05) is 17.3 Å². The fraction of sp³-hybridized carbons (Fsp3) is 0.412. The van der Waals surface area contributed by atoms with Crippen molar-refractivity contribution in [1.29, 1.82) is 0 Å². The molecule has 1 N–H and O–H groups in total. The van der Waals surface area contributed by atoms with Crippen molar-refractivity contribution >= 4 is 11.3 Å². The average Bonchev–Trinajstić information content (AvgIpc) is 3.10. The highest BCUT2D eigenvalue weighted by atomic mass is 32.1. The van der Waals surface area contributed by atoms with Gasteiger partial charge in [0.05, 0.1) is 0 Å². The summed E-state index contributed by atoms with van der Waals surface area (Å²) in [5.41, 5.74) is 2.65. The number of hydrogen-bond acceptors (Lipinski definition) is 2. The van der Waals surface area contributed by atoms with Crippen molar-refractivity contribution in [2.75, 3.05) is 6.54 Å². The molecule has 1 fully saturated rings. The van der Waals surface area contributed by atoms with Crippen LogP contribution in [0, 0.1) is 5.82 Å². The number of hydrogen-bond donors (Lipinski definition) is 1. The molecule has 1 nitrogen and oxygen atoms in total. The van der Waals surface area contributed by atoms with Crippen LogP contribution in [0.5, 0.6) is 0 Å². The van der Waals surface area contributed by atoms with Crippen molar-refractivity contribution < 1.29 is 4.39 Å². The molecule has 0 radical (unpaired) electrons. The standard InChI is InChI=1S/C17H20FNS/c18-15-6-3-13(4-7-15)12-17-14(9-11-20-17)5-8-16-2-1-10-19-16/h3-4,6-7,9,11,16,19H,1-2,5,8,10,12H2. The zero-order valence-corrected chi connectivity index (χ0v) is 12.4. The van der Waals surface area contributed by atoms with Crippen LogP contribution in [-0.2, 0) is 12.8 Å². The highest BCUT2D eigenvalue weighted by molar-refractivity contribution is 7.10. The summed E-state index contributed by atoms with van der Waals surface area (Å²) in [6.07, 6.45) is 5.93. The third-order valence-electron chi connectivity index (χ3n) is 4.04. The lowest BCUT2D eigenvalue weighted by Gasteiger charge is -2.10. The fourth-order valence-electron chi connectivity index (χ4n) is 2.87. The molecule has 20 heavy (non-hydrogen) atoms. The maximum Gasteiger partial charge on any atom is 0.123 e. The Hall–Kier alpha value is -1.19. The summed E-state index contributed by atoms with van der Waals surface area (Å²) in [6.45, 7) is 1.18. The van der Waals surface area contributed by atoms with Crippen LogP contribution < -0.4 is 5.32 Å². The number of benzene rings is 1. The van der Waals surface area contributed by atoms with E-state index < -0.39 is 0 Å². The Morgan fingerprint density at radius 3 is 2.80 bits per heavy atom. The molecule has 106 valence electrons. The van der Waals surface area contributed by atoms with Gasteiger partial charge in [-0.05, 0) is 66.9 Å². The number of nitrogens with one attached hydrogen (secondary N) is 1. The van der Waals surface area contributed by atoms with Gasteiger partial charge >= 0.3 is 0 Å². The lowest BCUT2D eigenvalue weighted by atomic mass is 10.0. The molecule has 1 saturated heterocycles. The molecule has 2 heterocycles. The molecule has 1 atom stereocenters. The first-order valence-corrected chi connectivity index (χ1v) is 8.22. The van der Waals surface area contributed by atoms with E-state index in [0.29, 0.717) is 6.04 Å². The van der Waals surface area contributed by atoms with Gasteiger partial charge in [0.1, 0.15) is 5.82 Å². The first-order chi connectivity index (χ1) is 9.81. The van der Waals surface area contributed by atoms with Crippen LogP contribution in [0.3, 0.4) is 0 Å². The topological polar surface area (TPSA) is 12.0 Å². The molecule has 3 heteroatoms. The molecule has 1 aliphatic rings. The summed E-state index contributed by atoms with van der Waals surface area (Å²) in [5, 5.41) is 5.73. The Balaban J connectivity index is 1.62. The largest absolute Gasteiger partial charge is 0.314 e. The molecule has 0 saturated carbocycles. The zero-order chi connectivity index (χ0) is 13.8. The van der Waals surface area contributed by atoms with Gasteiger partial charge in [-0.25, -0.2) is 4.39 Å². The Morgan fingerprint density at radius 2 is 2.05 bits per heavy atom. The van der Waals surface area contributed by atoms with Gasteiger partial charge in [0.2, 0.25) is 0 Å². The Kier molecular flexibility index (Phi) is 4.48. The van der Waals surface area contributed by atoms with E-state index in [9.17, 15) is 4.39 Å². The molecule has 0 aliphatic carbocycles. The van der Waals surface area contributed by atoms with Crippen LogP contribution in [0.25, 0.3) is 0 Å². The second kappa shape index (κ2) is 6.51. The highest BCUT2D eigenvalue weighted by Gasteiger charge is 2.14. The summed E-state index contributed by atoms with van der Waals surface area (Å²) in [5.74, 6) is -0.160. The number of thiophene rings is 1. The average molecular weight is 289 g/mol. The Bertz CT molecular complexity index is 540. The highest BCUT2D eigenvalue weighted by Crippen LogP contribution is 2.23. The predicted molar refractivity (Wildman–Crippen MR) is 82.9 cm³/mol. The van der Waals surface area contributed by atoms with Crippen molar-refractivity contribution in [3.05, 3.63) is 57.5 Å². The third kappa shape index (κ3) is 3.47. The lowest BCUT2D eigenvalue weighted by Crippen LogP contribution is -2.21.